The van der Waals surface area contributed by atoms with E-state index in [1.54, 1.807) is 0 Å². The first kappa shape index (κ1) is 21.2. The Hall–Kier alpha value is -0.480. The molecule has 2 heterocycles. The fourth-order valence-corrected chi connectivity index (χ4v) is 6.67. The molecule has 3 rings (SSSR count). The third-order valence-corrected chi connectivity index (χ3v) is 8.23. The van der Waals surface area contributed by atoms with Gasteiger partial charge in [-0.25, -0.2) is 0 Å². The lowest BCUT2D eigenvalue weighted by molar-refractivity contribution is -0.137. The van der Waals surface area contributed by atoms with Crippen LogP contribution in [0, 0.1) is 11.8 Å². The Bertz CT molecular complexity index is 472. The number of rotatable bonds is 12. The maximum absolute atomic E-state index is 10.6. The van der Waals surface area contributed by atoms with E-state index in [2.05, 4.69) is 23.9 Å². The average Bonchev–Trinajstić information content (AvgIpc) is 3.27. The van der Waals surface area contributed by atoms with Crippen molar-refractivity contribution in [3.63, 3.8) is 0 Å². The third kappa shape index (κ3) is 6.81. The first-order valence-electron chi connectivity index (χ1n) is 11.4. The highest BCUT2D eigenvalue weighted by atomic mass is 32.2. The van der Waals surface area contributed by atoms with Crippen molar-refractivity contribution in [3.8, 4) is 0 Å². The SMILES string of the molecule is O=C(O)CCC/C=C\C[C@@H]1[C@H](CCCCSC2CCCCC2)[C@@H]2CC[C@H]1O2. The van der Waals surface area contributed by atoms with Gasteiger partial charge in [0.25, 0.3) is 0 Å². The highest BCUT2D eigenvalue weighted by Crippen LogP contribution is 2.47. The highest BCUT2D eigenvalue weighted by Gasteiger charge is 2.47. The van der Waals surface area contributed by atoms with E-state index in [-0.39, 0.29) is 6.42 Å². The predicted octanol–water partition coefficient (Wildman–Crippen LogP) is 6.22. The summed E-state index contributed by atoms with van der Waals surface area (Å²) in [7, 11) is 0. The van der Waals surface area contributed by atoms with Gasteiger partial charge < -0.3 is 9.84 Å². The van der Waals surface area contributed by atoms with Gasteiger partial charge in [-0.3, -0.25) is 4.79 Å². The predicted molar refractivity (Wildman–Crippen MR) is 113 cm³/mol. The molecule has 2 saturated heterocycles. The molecule has 1 aliphatic carbocycles. The molecule has 154 valence electrons. The Balaban J connectivity index is 1.31. The van der Waals surface area contributed by atoms with Gasteiger partial charge >= 0.3 is 5.97 Å². The lowest BCUT2D eigenvalue weighted by Gasteiger charge is -2.27. The number of hydrogen-bond donors (Lipinski definition) is 1. The minimum absolute atomic E-state index is 0.281. The number of carboxylic acid groups (broad SMARTS) is 1. The van der Waals surface area contributed by atoms with Crippen LogP contribution in [0.4, 0.5) is 0 Å². The fourth-order valence-electron chi connectivity index (χ4n) is 5.30. The van der Waals surface area contributed by atoms with Crippen molar-refractivity contribution >= 4 is 17.7 Å². The molecule has 0 spiro atoms. The quantitative estimate of drug-likeness (QED) is 0.315. The largest absolute Gasteiger partial charge is 0.481 e. The van der Waals surface area contributed by atoms with Gasteiger partial charge in [-0.05, 0) is 75.4 Å². The van der Waals surface area contributed by atoms with Crippen molar-refractivity contribution in [2.24, 2.45) is 11.8 Å². The summed E-state index contributed by atoms with van der Waals surface area (Å²) in [5.74, 6) is 2.12. The lowest BCUT2D eigenvalue weighted by atomic mass is 9.75. The number of fused-ring (bicyclic) bond motifs is 2. The Kier molecular flexibility index (Phi) is 9.05. The molecule has 0 amide bonds. The summed E-state index contributed by atoms with van der Waals surface area (Å²) >= 11 is 2.24. The van der Waals surface area contributed by atoms with Crippen LogP contribution in [0.15, 0.2) is 12.2 Å². The summed E-state index contributed by atoms with van der Waals surface area (Å²) in [6.07, 6.45) is 22.4. The Labute approximate surface area is 169 Å². The minimum Gasteiger partial charge on any atom is -0.481 e. The molecule has 1 N–H and O–H groups in total. The van der Waals surface area contributed by atoms with E-state index < -0.39 is 5.97 Å². The maximum atomic E-state index is 10.6. The number of unbranched alkanes of at least 4 members (excludes halogenated alkanes) is 2. The van der Waals surface area contributed by atoms with Crippen LogP contribution in [0.3, 0.4) is 0 Å². The number of aliphatic carboxylic acids is 1. The Morgan fingerprint density at radius 3 is 2.52 bits per heavy atom. The third-order valence-electron chi connectivity index (χ3n) is 6.76. The summed E-state index contributed by atoms with van der Waals surface area (Å²) in [5.41, 5.74) is 0. The molecule has 3 nitrogen and oxygen atoms in total. The van der Waals surface area contributed by atoms with Crippen LogP contribution in [0.1, 0.15) is 89.9 Å². The van der Waals surface area contributed by atoms with Crippen molar-refractivity contribution in [2.75, 3.05) is 5.75 Å². The van der Waals surface area contributed by atoms with Crippen LogP contribution < -0.4 is 0 Å². The zero-order chi connectivity index (χ0) is 18.9. The number of carbonyl (C=O) groups is 1. The first-order chi connectivity index (χ1) is 13.2. The van der Waals surface area contributed by atoms with E-state index in [4.69, 9.17) is 9.84 Å². The molecule has 27 heavy (non-hydrogen) atoms. The summed E-state index contributed by atoms with van der Waals surface area (Å²) in [6.45, 7) is 0. The number of carboxylic acids is 1. The van der Waals surface area contributed by atoms with Gasteiger partial charge in [-0.2, -0.15) is 11.8 Å². The van der Waals surface area contributed by atoms with Crippen molar-refractivity contribution in [3.05, 3.63) is 12.2 Å². The Morgan fingerprint density at radius 2 is 1.74 bits per heavy atom. The lowest BCUT2D eigenvalue weighted by Crippen LogP contribution is -2.26. The molecule has 4 heteroatoms. The second kappa shape index (κ2) is 11.5. The Morgan fingerprint density at radius 1 is 0.963 bits per heavy atom. The van der Waals surface area contributed by atoms with Crippen LogP contribution in [0.5, 0.6) is 0 Å². The topological polar surface area (TPSA) is 46.5 Å². The van der Waals surface area contributed by atoms with E-state index in [1.165, 1.54) is 70.0 Å². The number of ether oxygens (including phenoxy) is 1. The van der Waals surface area contributed by atoms with Crippen LogP contribution in [0.2, 0.25) is 0 Å². The van der Waals surface area contributed by atoms with Gasteiger partial charge in [0, 0.05) is 11.7 Å². The molecule has 2 aliphatic heterocycles. The van der Waals surface area contributed by atoms with Crippen LogP contribution >= 0.6 is 11.8 Å². The molecular formula is C23H38O3S. The molecule has 0 aromatic carbocycles. The molecule has 4 atom stereocenters. The summed E-state index contributed by atoms with van der Waals surface area (Å²) in [4.78, 5) is 10.6. The molecular weight excluding hydrogens is 356 g/mol. The van der Waals surface area contributed by atoms with E-state index >= 15 is 0 Å². The van der Waals surface area contributed by atoms with Crippen molar-refractivity contribution < 1.29 is 14.6 Å². The fraction of sp³-hybridized carbons (Fsp3) is 0.870. The van der Waals surface area contributed by atoms with Gasteiger partial charge in [0.05, 0.1) is 12.2 Å². The number of hydrogen-bond acceptors (Lipinski definition) is 3. The summed E-state index contributed by atoms with van der Waals surface area (Å²) < 4.78 is 6.24. The van der Waals surface area contributed by atoms with E-state index in [0.29, 0.717) is 18.1 Å². The van der Waals surface area contributed by atoms with E-state index in [0.717, 1.165) is 30.4 Å². The van der Waals surface area contributed by atoms with E-state index in [9.17, 15) is 4.79 Å². The molecule has 0 unspecified atom stereocenters. The zero-order valence-electron chi connectivity index (χ0n) is 16.8. The van der Waals surface area contributed by atoms with Gasteiger partial charge in [0.1, 0.15) is 0 Å². The normalized spacial score (nSPS) is 31.1. The van der Waals surface area contributed by atoms with Gasteiger partial charge in [-0.15, -0.1) is 0 Å². The molecule has 0 aromatic heterocycles. The van der Waals surface area contributed by atoms with Crippen LogP contribution in [-0.4, -0.2) is 34.3 Å². The molecule has 3 fully saturated rings. The molecule has 2 bridgehead atoms. The van der Waals surface area contributed by atoms with Crippen molar-refractivity contribution in [1.29, 1.82) is 0 Å². The number of allylic oxidation sites excluding steroid dienone is 2. The molecule has 0 radical (unpaired) electrons. The monoisotopic (exact) mass is 394 g/mol. The minimum atomic E-state index is -0.688. The standard InChI is InChI=1S/C23H38O3S/c24-23(25)14-7-2-1-6-12-19-20(22-16-15-21(19)26-22)13-8-9-17-27-18-10-4-3-5-11-18/h1,6,18-22H,2-5,7-17H2,(H,24,25)/b6-1-/t19-,20+,21-,22+/m1/s1. The van der Waals surface area contributed by atoms with Crippen LogP contribution in [-0.2, 0) is 9.53 Å². The second-order valence-corrected chi connectivity index (χ2v) is 10.1. The first-order valence-corrected chi connectivity index (χ1v) is 12.4. The van der Waals surface area contributed by atoms with E-state index in [1.807, 2.05) is 0 Å². The number of thioether (sulfide) groups is 1. The highest BCUT2D eigenvalue weighted by molar-refractivity contribution is 7.99. The van der Waals surface area contributed by atoms with Gasteiger partial charge in [-0.1, -0.05) is 37.8 Å². The van der Waals surface area contributed by atoms with Gasteiger partial charge in [0.2, 0.25) is 0 Å². The molecule has 3 aliphatic rings. The maximum Gasteiger partial charge on any atom is 0.303 e. The molecule has 1 saturated carbocycles. The molecule has 0 aromatic rings. The van der Waals surface area contributed by atoms with Crippen molar-refractivity contribution in [2.45, 2.75) is 107 Å². The zero-order valence-corrected chi connectivity index (χ0v) is 17.6. The second-order valence-electron chi connectivity index (χ2n) is 8.74. The smallest absolute Gasteiger partial charge is 0.303 e. The average molecular weight is 395 g/mol. The summed E-state index contributed by atoms with van der Waals surface area (Å²) in [6, 6.07) is 0. The summed E-state index contributed by atoms with van der Waals surface area (Å²) in [5, 5.41) is 9.65. The van der Waals surface area contributed by atoms with Gasteiger partial charge in [0.15, 0.2) is 0 Å². The van der Waals surface area contributed by atoms with Crippen LogP contribution in [0.25, 0.3) is 0 Å². The van der Waals surface area contributed by atoms with Crippen molar-refractivity contribution in [1.82, 2.24) is 0 Å².